The van der Waals surface area contributed by atoms with E-state index in [1.165, 1.54) is 36.0 Å². The van der Waals surface area contributed by atoms with Gasteiger partial charge in [0.25, 0.3) is 0 Å². The quantitative estimate of drug-likeness (QED) is 0.686. The van der Waals surface area contributed by atoms with Crippen LogP contribution in [0.25, 0.3) is 0 Å². The minimum Gasteiger partial charge on any atom is -0.392 e. The number of rotatable bonds is 0. The summed E-state index contributed by atoms with van der Waals surface area (Å²) in [7, 11) is 0. The van der Waals surface area contributed by atoms with Crippen LogP contribution >= 0.6 is 0 Å². The monoisotopic (exact) mass is 202 g/mol. The van der Waals surface area contributed by atoms with Crippen LogP contribution in [-0.2, 0) is 11.8 Å². The van der Waals surface area contributed by atoms with E-state index in [-0.39, 0.29) is 11.5 Å². The summed E-state index contributed by atoms with van der Waals surface area (Å²) in [6.07, 6.45) is 5.57. The van der Waals surface area contributed by atoms with Crippen LogP contribution in [0.3, 0.4) is 0 Å². The molecule has 1 heteroatoms. The Morgan fingerprint density at radius 3 is 2.80 bits per heavy atom. The van der Waals surface area contributed by atoms with E-state index in [2.05, 4.69) is 25.1 Å². The highest BCUT2D eigenvalue weighted by atomic mass is 16.3. The minimum absolute atomic E-state index is 0.0967. The Morgan fingerprint density at radius 1 is 1.33 bits per heavy atom. The molecule has 0 aliphatic heterocycles. The first-order chi connectivity index (χ1) is 7.24. The van der Waals surface area contributed by atoms with Gasteiger partial charge in [-0.1, -0.05) is 24.6 Å². The number of hydrogen-bond donors (Lipinski definition) is 1. The van der Waals surface area contributed by atoms with E-state index >= 15 is 0 Å². The minimum atomic E-state index is -0.0967. The molecule has 0 amide bonds. The van der Waals surface area contributed by atoms with E-state index in [4.69, 9.17) is 0 Å². The largest absolute Gasteiger partial charge is 0.392 e. The molecule has 15 heavy (non-hydrogen) atoms. The van der Waals surface area contributed by atoms with Crippen LogP contribution in [0.1, 0.15) is 42.4 Å². The highest BCUT2D eigenvalue weighted by Crippen LogP contribution is 2.51. The van der Waals surface area contributed by atoms with Gasteiger partial charge in [-0.2, -0.15) is 0 Å². The van der Waals surface area contributed by atoms with Crippen molar-refractivity contribution in [3.05, 3.63) is 34.9 Å². The van der Waals surface area contributed by atoms with Gasteiger partial charge in [0, 0.05) is 5.41 Å². The molecule has 1 fully saturated rings. The normalized spacial score (nSPS) is 27.2. The van der Waals surface area contributed by atoms with E-state index in [1.54, 1.807) is 0 Å². The summed E-state index contributed by atoms with van der Waals surface area (Å²) in [6.45, 7) is 2.20. The average molecular weight is 202 g/mol. The Morgan fingerprint density at radius 2 is 2.13 bits per heavy atom. The van der Waals surface area contributed by atoms with Crippen molar-refractivity contribution in [2.75, 3.05) is 0 Å². The summed E-state index contributed by atoms with van der Waals surface area (Å²) >= 11 is 0. The summed E-state index contributed by atoms with van der Waals surface area (Å²) in [6, 6.07) is 6.58. The molecule has 3 rings (SSSR count). The first-order valence-electron chi connectivity index (χ1n) is 6.01. The molecule has 1 spiro atoms. The maximum Gasteiger partial charge on any atom is 0.0640 e. The van der Waals surface area contributed by atoms with Gasteiger partial charge in [0.2, 0.25) is 0 Å². The molecule has 0 aromatic heterocycles. The van der Waals surface area contributed by atoms with Crippen LogP contribution in [0.4, 0.5) is 0 Å². The fraction of sp³-hybridized carbons (Fsp3) is 0.571. The Balaban J connectivity index is 2.16. The highest BCUT2D eigenvalue weighted by Gasteiger charge is 2.47. The SMILES string of the molecule is Cc1cccc2c1CCC(O)C21CCC1. The average Bonchev–Trinajstić information content (AvgIpc) is 2.15. The zero-order valence-corrected chi connectivity index (χ0v) is 9.29. The van der Waals surface area contributed by atoms with Gasteiger partial charge in [-0.05, 0) is 49.3 Å². The maximum absolute atomic E-state index is 10.2. The molecule has 80 valence electrons. The van der Waals surface area contributed by atoms with Gasteiger partial charge in [0.15, 0.2) is 0 Å². The molecule has 2 aliphatic rings. The smallest absolute Gasteiger partial charge is 0.0640 e. The summed E-state index contributed by atoms with van der Waals surface area (Å²) in [5, 5.41) is 10.2. The molecule has 1 atom stereocenters. The lowest BCUT2D eigenvalue weighted by Gasteiger charge is -2.50. The number of aliphatic hydroxyl groups is 1. The first-order valence-corrected chi connectivity index (χ1v) is 6.01. The lowest BCUT2D eigenvalue weighted by molar-refractivity contribution is 0.0143. The summed E-state index contributed by atoms with van der Waals surface area (Å²) < 4.78 is 0. The lowest BCUT2D eigenvalue weighted by Crippen LogP contribution is -2.48. The predicted molar refractivity (Wildman–Crippen MR) is 61.0 cm³/mol. The summed E-state index contributed by atoms with van der Waals surface area (Å²) in [4.78, 5) is 0. The third-order valence-corrected chi connectivity index (χ3v) is 4.50. The van der Waals surface area contributed by atoms with Crippen molar-refractivity contribution in [2.24, 2.45) is 0 Å². The number of fused-ring (bicyclic) bond motifs is 2. The fourth-order valence-electron chi connectivity index (χ4n) is 3.40. The van der Waals surface area contributed by atoms with Crippen molar-refractivity contribution >= 4 is 0 Å². The van der Waals surface area contributed by atoms with Crippen LogP contribution in [0.15, 0.2) is 18.2 Å². The molecule has 1 N–H and O–H groups in total. The van der Waals surface area contributed by atoms with Crippen molar-refractivity contribution in [3.8, 4) is 0 Å². The summed E-state index contributed by atoms with van der Waals surface area (Å²) in [5.41, 5.74) is 4.51. The van der Waals surface area contributed by atoms with E-state index in [0.717, 1.165) is 12.8 Å². The third-order valence-electron chi connectivity index (χ3n) is 4.50. The van der Waals surface area contributed by atoms with Crippen molar-refractivity contribution in [1.82, 2.24) is 0 Å². The Kier molecular flexibility index (Phi) is 1.93. The topological polar surface area (TPSA) is 20.2 Å². The van der Waals surface area contributed by atoms with Crippen molar-refractivity contribution in [1.29, 1.82) is 0 Å². The van der Waals surface area contributed by atoms with E-state index < -0.39 is 0 Å². The molecule has 1 aromatic carbocycles. The maximum atomic E-state index is 10.2. The number of benzene rings is 1. The second kappa shape index (κ2) is 3.08. The van der Waals surface area contributed by atoms with Crippen LogP contribution in [0.2, 0.25) is 0 Å². The first kappa shape index (κ1) is 9.41. The van der Waals surface area contributed by atoms with Crippen LogP contribution in [0, 0.1) is 6.92 Å². The van der Waals surface area contributed by atoms with Gasteiger partial charge in [0.05, 0.1) is 6.10 Å². The molecular formula is C14H18O. The van der Waals surface area contributed by atoms with Gasteiger partial charge in [0.1, 0.15) is 0 Å². The number of aryl methyl sites for hydroxylation is 1. The van der Waals surface area contributed by atoms with Gasteiger partial charge in [-0.25, -0.2) is 0 Å². The van der Waals surface area contributed by atoms with E-state index in [0.29, 0.717) is 0 Å². The van der Waals surface area contributed by atoms with Gasteiger partial charge in [-0.3, -0.25) is 0 Å². The zero-order chi connectivity index (χ0) is 10.5. The highest BCUT2D eigenvalue weighted by molar-refractivity contribution is 5.44. The Hall–Kier alpha value is -0.820. The fourth-order valence-corrected chi connectivity index (χ4v) is 3.40. The van der Waals surface area contributed by atoms with Gasteiger partial charge in [-0.15, -0.1) is 0 Å². The van der Waals surface area contributed by atoms with Crippen LogP contribution < -0.4 is 0 Å². The molecular weight excluding hydrogens is 184 g/mol. The zero-order valence-electron chi connectivity index (χ0n) is 9.29. The standard InChI is InChI=1S/C14H18O/c1-10-4-2-5-12-11(10)6-7-13(15)14(12)8-3-9-14/h2,4-5,13,15H,3,6-9H2,1H3. The van der Waals surface area contributed by atoms with Crippen molar-refractivity contribution in [3.63, 3.8) is 0 Å². The van der Waals surface area contributed by atoms with Crippen LogP contribution in [-0.4, -0.2) is 11.2 Å². The number of hydrogen-bond acceptors (Lipinski definition) is 1. The Labute approximate surface area is 91.1 Å². The molecule has 1 saturated carbocycles. The Bertz CT molecular complexity index is 390. The molecule has 0 bridgehead atoms. The van der Waals surface area contributed by atoms with Gasteiger partial charge >= 0.3 is 0 Å². The van der Waals surface area contributed by atoms with Crippen molar-refractivity contribution < 1.29 is 5.11 Å². The van der Waals surface area contributed by atoms with Gasteiger partial charge < -0.3 is 5.11 Å². The summed E-state index contributed by atoms with van der Waals surface area (Å²) in [5.74, 6) is 0. The molecule has 0 heterocycles. The molecule has 1 unspecified atom stereocenters. The molecule has 1 nitrogen and oxygen atoms in total. The second-order valence-corrected chi connectivity index (χ2v) is 5.17. The second-order valence-electron chi connectivity index (χ2n) is 5.17. The predicted octanol–water partition coefficient (Wildman–Crippen LogP) is 2.72. The molecule has 1 aromatic rings. The van der Waals surface area contributed by atoms with Crippen LogP contribution in [0.5, 0.6) is 0 Å². The lowest BCUT2D eigenvalue weighted by atomic mass is 9.56. The number of aliphatic hydroxyl groups excluding tert-OH is 1. The molecule has 0 saturated heterocycles. The molecule has 2 aliphatic carbocycles. The van der Waals surface area contributed by atoms with Crippen molar-refractivity contribution in [2.45, 2.75) is 50.5 Å². The molecule has 0 radical (unpaired) electrons. The van der Waals surface area contributed by atoms with E-state index in [9.17, 15) is 5.11 Å². The van der Waals surface area contributed by atoms with E-state index in [1.807, 2.05) is 0 Å². The third kappa shape index (κ3) is 1.13.